The van der Waals surface area contributed by atoms with E-state index in [1.165, 1.54) is 24.7 Å². The Morgan fingerprint density at radius 2 is 2.08 bits per heavy atom. The lowest BCUT2D eigenvalue weighted by molar-refractivity contribution is 0.616. The zero-order chi connectivity index (χ0) is 17.6. The number of aromatic amines is 1. The van der Waals surface area contributed by atoms with Crippen molar-refractivity contribution in [2.75, 3.05) is 0 Å². The molecule has 4 aromatic rings. The van der Waals surface area contributed by atoms with E-state index in [1.54, 1.807) is 23.9 Å². The molecule has 1 N–H and O–H groups in total. The summed E-state index contributed by atoms with van der Waals surface area (Å²) in [4.78, 5) is 39.7. The third-order valence-electron chi connectivity index (χ3n) is 3.79. The van der Waals surface area contributed by atoms with Crippen molar-refractivity contribution >= 4 is 11.0 Å². The average molecular weight is 338 g/mol. The molecule has 4 rings (SSSR count). The van der Waals surface area contributed by atoms with Crippen LogP contribution in [0.25, 0.3) is 22.7 Å². The standard InChI is InChI=1S/C16H11FN6O2/c1-9-2-3-10(6-12(9)17)23-14(24)11-7-19-15(22-5-4-18-8-22)20-13(11)21-16(23)25/h2-8H,1H3,(H,19,20,21,25). The number of hydrogen-bond acceptors (Lipinski definition) is 5. The Morgan fingerprint density at radius 1 is 1.24 bits per heavy atom. The highest BCUT2D eigenvalue weighted by Gasteiger charge is 2.13. The van der Waals surface area contributed by atoms with E-state index in [0.29, 0.717) is 5.56 Å². The van der Waals surface area contributed by atoms with Crippen molar-refractivity contribution in [1.29, 1.82) is 0 Å². The quantitative estimate of drug-likeness (QED) is 0.590. The van der Waals surface area contributed by atoms with Crippen LogP contribution in [-0.2, 0) is 0 Å². The third kappa shape index (κ3) is 2.42. The van der Waals surface area contributed by atoms with Crippen molar-refractivity contribution in [3.05, 3.63) is 75.3 Å². The molecule has 0 saturated heterocycles. The lowest BCUT2D eigenvalue weighted by atomic mass is 10.2. The van der Waals surface area contributed by atoms with Crippen molar-refractivity contribution in [3.8, 4) is 11.6 Å². The molecule has 0 radical (unpaired) electrons. The first-order valence-corrected chi connectivity index (χ1v) is 7.31. The molecule has 0 atom stereocenters. The second kappa shape index (κ2) is 5.48. The fourth-order valence-electron chi connectivity index (χ4n) is 2.45. The van der Waals surface area contributed by atoms with Gasteiger partial charge in [-0.05, 0) is 24.6 Å². The van der Waals surface area contributed by atoms with Crippen LogP contribution < -0.4 is 11.2 Å². The van der Waals surface area contributed by atoms with Gasteiger partial charge in [-0.25, -0.2) is 23.7 Å². The summed E-state index contributed by atoms with van der Waals surface area (Å²) < 4.78 is 16.2. The maximum absolute atomic E-state index is 13.8. The van der Waals surface area contributed by atoms with E-state index in [9.17, 15) is 14.0 Å². The largest absolute Gasteiger partial charge is 0.334 e. The molecule has 8 nitrogen and oxygen atoms in total. The molecule has 0 fully saturated rings. The number of aromatic nitrogens is 6. The molecule has 25 heavy (non-hydrogen) atoms. The number of imidazole rings is 1. The van der Waals surface area contributed by atoms with Crippen LogP contribution >= 0.6 is 0 Å². The maximum Gasteiger partial charge on any atom is 0.334 e. The highest BCUT2D eigenvalue weighted by atomic mass is 19.1. The van der Waals surface area contributed by atoms with Crippen molar-refractivity contribution < 1.29 is 4.39 Å². The van der Waals surface area contributed by atoms with Gasteiger partial charge in [-0.1, -0.05) is 6.07 Å². The number of aryl methyl sites for hydroxylation is 1. The van der Waals surface area contributed by atoms with Gasteiger partial charge in [0.15, 0.2) is 5.65 Å². The van der Waals surface area contributed by atoms with Crippen LogP contribution in [-0.4, -0.2) is 29.1 Å². The Morgan fingerprint density at radius 3 is 2.80 bits per heavy atom. The first-order chi connectivity index (χ1) is 12.0. The minimum absolute atomic E-state index is 0.0949. The Hall–Kier alpha value is -3.62. The van der Waals surface area contributed by atoms with E-state index in [2.05, 4.69) is 19.9 Å². The van der Waals surface area contributed by atoms with Gasteiger partial charge in [0.2, 0.25) is 5.95 Å². The van der Waals surface area contributed by atoms with E-state index in [-0.39, 0.29) is 22.7 Å². The van der Waals surface area contributed by atoms with E-state index in [1.807, 2.05) is 0 Å². The molecule has 0 bridgehead atoms. The van der Waals surface area contributed by atoms with E-state index in [4.69, 9.17) is 0 Å². The lowest BCUT2D eigenvalue weighted by Crippen LogP contribution is -2.34. The number of hydrogen-bond donors (Lipinski definition) is 1. The van der Waals surface area contributed by atoms with Gasteiger partial charge in [0, 0.05) is 18.6 Å². The Bertz CT molecular complexity index is 1210. The van der Waals surface area contributed by atoms with E-state index in [0.717, 1.165) is 10.6 Å². The van der Waals surface area contributed by atoms with Gasteiger partial charge in [-0.3, -0.25) is 14.3 Å². The smallest absolute Gasteiger partial charge is 0.291 e. The molecule has 0 saturated carbocycles. The number of benzene rings is 1. The first kappa shape index (κ1) is 14.9. The summed E-state index contributed by atoms with van der Waals surface area (Å²) in [5.74, 6) is -0.241. The van der Waals surface area contributed by atoms with Crippen LogP contribution in [0.5, 0.6) is 0 Å². The normalized spacial score (nSPS) is 11.1. The fraction of sp³-hybridized carbons (Fsp3) is 0.0625. The highest BCUT2D eigenvalue weighted by Crippen LogP contribution is 2.12. The van der Waals surface area contributed by atoms with Crippen molar-refractivity contribution in [1.82, 2.24) is 29.1 Å². The van der Waals surface area contributed by atoms with E-state index >= 15 is 0 Å². The van der Waals surface area contributed by atoms with Crippen LogP contribution in [0, 0.1) is 12.7 Å². The number of H-pyrrole nitrogens is 1. The summed E-state index contributed by atoms with van der Waals surface area (Å²) in [6, 6.07) is 4.14. The average Bonchev–Trinajstić information content (AvgIpc) is 3.12. The zero-order valence-corrected chi connectivity index (χ0v) is 13.0. The minimum atomic E-state index is -0.712. The van der Waals surface area contributed by atoms with Crippen LogP contribution in [0.15, 0.2) is 52.7 Å². The predicted molar refractivity (Wildman–Crippen MR) is 87.6 cm³/mol. The number of rotatable bonds is 2. The third-order valence-corrected chi connectivity index (χ3v) is 3.79. The van der Waals surface area contributed by atoms with Gasteiger partial charge >= 0.3 is 5.69 Å². The topological polar surface area (TPSA) is 98.5 Å². The Balaban J connectivity index is 1.96. The second-order valence-electron chi connectivity index (χ2n) is 5.41. The van der Waals surface area contributed by atoms with Crippen LogP contribution in [0.2, 0.25) is 0 Å². The molecule has 124 valence electrons. The summed E-state index contributed by atoms with van der Waals surface area (Å²) in [6.07, 6.45) is 6.00. The van der Waals surface area contributed by atoms with Gasteiger partial charge in [-0.2, -0.15) is 4.98 Å². The molecule has 0 amide bonds. The van der Waals surface area contributed by atoms with E-state index < -0.39 is 17.1 Å². The minimum Gasteiger partial charge on any atom is -0.291 e. The van der Waals surface area contributed by atoms with Crippen molar-refractivity contribution in [2.24, 2.45) is 0 Å². The molecule has 9 heteroatoms. The summed E-state index contributed by atoms with van der Waals surface area (Å²) in [6.45, 7) is 1.60. The summed E-state index contributed by atoms with van der Waals surface area (Å²) in [5.41, 5.74) is -0.690. The molecule has 0 aliphatic carbocycles. The summed E-state index contributed by atoms with van der Waals surface area (Å²) in [5, 5.41) is 0.115. The monoisotopic (exact) mass is 338 g/mol. The number of nitrogens with one attached hydrogen (secondary N) is 1. The van der Waals surface area contributed by atoms with Crippen LogP contribution in [0.4, 0.5) is 4.39 Å². The molecule has 1 aromatic carbocycles. The molecule has 0 aliphatic heterocycles. The van der Waals surface area contributed by atoms with Crippen LogP contribution in [0.3, 0.4) is 0 Å². The van der Waals surface area contributed by atoms with Crippen molar-refractivity contribution in [3.63, 3.8) is 0 Å². The first-order valence-electron chi connectivity index (χ1n) is 7.31. The van der Waals surface area contributed by atoms with Crippen molar-refractivity contribution in [2.45, 2.75) is 6.92 Å². The number of fused-ring (bicyclic) bond motifs is 1. The second-order valence-corrected chi connectivity index (χ2v) is 5.41. The number of halogens is 1. The van der Waals surface area contributed by atoms with Gasteiger partial charge < -0.3 is 0 Å². The molecule has 0 spiro atoms. The summed E-state index contributed by atoms with van der Waals surface area (Å²) in [7, 11) is 0. The maximum atomic E-state index is 13.8. The van der Waals surface area contributed by atoms with Crippen LogP contribution in [0.1, 0.15) is 5.56 Å². The Labute approximate surface area is 139 Å². The molecule has 0 unspecified atom stereocenters. The fourth-order valence-corrected chi connectivity index (χ4v) is 2.45. The lowest BCUT2D eigenvalue weighted by Gasteiger charge is -2.08. The predicted octanol–water partition coefficient (Wildman–Crippen LogP) is 1.10. The Kier molecular flexibility index (Phi) is 3.27. The molecule has 0 aliphatic rings. The van der Waals surface area contributed by atoms with Gasteiger partial charge in [0.05, 0.1) is 5.69 Å². The summed E-state index contributed by atoms with van der Waals surface area (Å²) >= 11 is 0. The van der Waals surface area contributed by atoms with Gasteiger partial charge in [-0.15, -0.1) is 0 Å². The van der Waals surface area contributed by atoms with Gasteiger partial charge in [0.1, 0.15) is 17.5 Å². The molecule has 3 aromatic heterocycles. The van der Waals surface area contributed by atoms with Gasteiger partial charge in [0.25, 0.3) is 5.56 Å². The number of nitrogens with zero attached hydrogens (tertiary/aromatic N) is 5. The zero-order valence-electron chi connectivity index (χ0n) is 13.0. The molecule has 3 heterocycles. The SMILES string of the molecule is Cc1ccc(-n2c(=O)[nH]c3nc(-n4ccnc4)ncc3c2=O)cc1F. The molecular weight excluding hydrogens is 327 g/mol. The molecular formula is C16H11FN6O2. The highest BCUT2D eigenvalue weighted by molar-refractivity contribution is 5.73.